The second-order valence-corrected chi connectivity index (χ2v) is 4.64. The van der Waals surface area contributed by atoms with E-state index in [4.69, 9.17) is 5.73 Å². The van der Waals surface area contributed by atoms with Crippen molar-refractivity contribution in [3.8, 4) is 0 Å². The lowest BCUT2D eigenvalue weighted by Crippen LogP contribution is -2.32. The third kappa shape index (κ3) is 5.94. The molecule has 0 bridgehead atoms. The van der Waals surface area contributed by atoms with Crippen molar-refractivity contribution in [3.63, 3.8) is 0 Å². The lowest BCUT2D eigenvalue weighted by molar-refractivity contribution is -0.121. The molecule has 0 fully saturated rings. The van der Waals surface area contributed by atoms with Crippen LogP contribution in [0.15, 0.2) is 54.7 Å². The highest BCUT2D eigenvalue weighted by Gasteiger charge is 2.08. The smallest absolute Gasteiger partial charge is 0.220 e. The maximum Gasteiger partial charge on any atom is 0.220 e. The molecule has 0 spiro atoms. The minimum Gasteiger partial charge on any atom is -0.354 e. The van der Waals surface area contributed by atoms with Gasteiger partial charge in [-0.1, -0.05) is 36.4 Å². The molecule has 0 saturated carbocycles. The molecular weight excluding hydrogens is 286 g/mol. The minimum absolute atomic E-state index is 0. The largest absolute Gasteiger partial charge is 0.354 e. The van der Waals surface area contributed by atoms with E-state index in [9.17, 15) is 4.79 Å². The average Bonchev–Trinajstić information content (AvgIpc) is 2.52. The van der Waals surface area contributed by atoms with Gasteiger partial charge in [0.15, 0.2) is 0 Å². The lowest BCUT2D eigenvalue weighted by atomic mass is 10.1. The number of benzene rings is 1. The van der Waals surface area contributed by atoms with Crippen LogP contribution in [0.1, 0.15) is 23.7 Å². The number of rotatable bonds is 6. The van der Waals surface area contributed by atoms with Crippen LogP contribution in [0.4, 0.5) is 0 Å². The Labute approximate surface area is 131 Å². The highest BCUT2D eigenvalue weighted by Crippen LogP contribution is 2.08. The van der Waals surface area contributed by atoms with Crippen LogP contribution >= 0.6 is 12.4 Å². The van der Waals surface area contributed by atoms with Gasteiger partial charge in [0.2, 0.25) is 5.91 Å². The van der Waals surface area contributed by atoms with Crippen LogP contribution < -0.4 is 11.1 Å². The van der Waals surface area contributed by atoms with Gasteiger partial charge in [-0.05, 0) is 24.1 Å². The molecule has 2 aromatic rings. The zero-order valence-electron chi connectivity index (χ0n) is 11.7. The number of carbonyl (C=O) groups excluding carboxylic acids is 1. The molecule has 1 heterocycles. The van der Waals surface area contributed by atoms with E-state index in [0.29, 0.717) is 19.4 Å². The van der Waals surface area contributed by atoms with Crippen molar-refractivity contribution in [3.05, 3.63) is 66.0 Å². The number of aryl methyl sites for hydroxylation is 1. The van der Waals surface area contributed by atoms with Gasteiger partial charge in [-0.2, -0.15) is 0 Å². The molecule has 1 amide bonds. The highest BCUT2D eigenvalue weighted by molar-refractivity contribution is 5.85. The Morgan fingerprint density at radius 3 is 2.52 bits per heavy atom. The third-order valence-electron chi connectivity index (χ3n) is 3.08. The Balaban J connectivity index is 0.00000220. The first-order valence-electron chi connectivity index (χ1n) is 6.73. The molecule has 112 valence electrons. The summed E-state index contributed by atoms with van der Waals surface area (Å²) in [6.45, 7) is 0.449. The Kier molecular flexibility index (Phi) is 7.43. The van der Waals surface area contributed by atoms with Gasteiger partial charge in [0.25, 0.3) is 0 Å². The van der Waals surface area contributed by atoms with Gasteiger partial charge >= 0.3 is 0 Å². The maximum atomic E-state index is 11.8. The van der Waals surface area contributed by atoms with Crippen molar-refractivity contribution in [2.24, 2.45) is 5.73 Å². The van der Waals surface area contributed by atoms with E-state index in [2.05, 4.69) is 10.3 Å². The molecular formula is C16H20ClN3O. The normalized spacial score (nSPS) is 11.3. The van der Waals surface area contributed by atoms with Crippen LogP contribution in [0.2, 0.25) is 0 Å². The summed E-state index contributed by atoms with van der Waals surface area (Å²) in [6, 6.07) is 15.3. The molecule has 21 heavy (non-hydrogen) atoms. The van der Waals surface area contributed by atoms with Crippen molar-refractivity contribution in [1.82, 2.24) is 10.3 Å². The predicted molar refractivity (Wildman–Crippen MR) is 86.2 cm³/mol. The van der Waals surface area contributed by atoms with Crippen molar-refractivity contribution in [1.29, 1.82) is 0 Å². The standard InChI is InChI=1S/C16H19N3O.ClH/c17-15(13-6-2-1-3-7-13)12-19-16(20)10-9-14-8-4-5-11-18-14;/h1-8,11,15H,9-10,12,17H2,(H,19,20);1H. The van der Waals surface area contributed by atoms with Gasteiger partial charge in [-0.25, -0.2) is 0 Å². The lowest BCUT2D eigenvalue weighted by Gasteiger charge is -2.13. The summed E-state index contributed by atoms with van der Waals surface area (Å²) < 4.78 is 0. The van der Waals surface area contributed by atoms with Crippen molar-refractivity contribution >= 4 is 18.3 Å². The molecule has 4 nitrogen and oxygen atoms in total. The fourth-order valence-electron chi connectivity index (χ4n) is 1.92. The zero-order valence-corrected chi connectivity index (χ0v) is 12.6. The van der Waals surface area contributed by atoms with E-state index < -0.39 is 0 Å². The number of halogens is 1. The van der Waals surface area contributed by atoms with Crippen LogP contribution in [-0.4, -0.2) is 17.4 Å². The Bertz CT molecular complexity index is 534. The van der Waals surface area contributed by atoms with E-state index in [1.165, 1.54) is 0 Å². The summed E-state index contributed by atoms with van der Waals surface area (Å²) in [5.74, 6) is 0.00188. The SMILES string of the molecule is Cl.NC(CNC(=O)CCc1ccccn1)c1ccccc1. The van der Waals surface area contributed by atoms with Crippen molar-refractivity contribution in [2.45, 2.75) is 18.9 Å². The summed E-state index contributed by atoms with van der Waals surface area (Å²) in [5.41, 5.74) is 7.97. The fourth-order valence-corrected chi connectivity index (χ4v) is 1.92. The molecule has 1 atom stereocenters. The number of nitrogens with zero attached hydrogens (tertiary/aromatic N) is 1. The fraction of sp³-hybridized carbons (Fsp3) is 0.250. The topological polar surface area (TPSA) is 68.0 Å². The molecule has 0 radical (unpaired) electrons. The molecule has 1 aromatic heterocycles. The summed E-state index contributed by atoms with van der Waals surface area (Å²) in [4.78, 5) is 15.9. The number of carbonyl (C=O) groups is 1. The Morgan fingerprint density at radius 2 is 1.86 bits per heavy atom. The third-order valence-corrected chi connectivity index (χ3v) is 3.08. The number of nitrogens with one attached hydrogen (secondary N) is 1. The molecule has 3 N–H and O–H groups in total. The molecule has 0 aliphatic heterocycles. The van der Waals surface area contributed by atoms with Crippen LogP contribution in [-0.2, 0) is 11.2 Å². The van der Waals surface area contributed by atoms with Gasteiger partial charge in [-0.3, -0.25) is 9.78 Å². The number of pyridine rings is 1. The van der Waals surface area contributed by atoms with Gasteiger partial charge in [0.1, 0.15) is 0 Å². The van der Waals surface area contributed by atoms with E-state index >= 15 is 0 Å². The molecule has 1 aromatic carbocycles. The molecule has 1 unspecified atom stereocenters. The van der Waals surface area contributed by atoms with Crippen LogP contribution in [0.25, 0.3) is 0 Å². The first-order chi connectivity index (χ1) is 9.75. The van der Waals surface area contributed by atoms with E-state index in [1.54, 1.807) is 6.20 Å². The number of hydrogen-bond donors (Lipinski definition) is 2. The van der Waals surface area contributed by atoms with E-state index in [0.717, 1.165) is 11.3 Å². The maximum absolute atomic E-state index is 11.8. The van der Waals surface area contributed by atoms with Crippen LogP contribution in [0.3, 0.4) is 0 Å². The molecule has 5 heteroatoms. The summed E-state index contributed by atoms with van der Waals surface area (Å²) in [7, 11) is 0. The molecule has 2 rings (SSSR count). The van der Waals surface area contributed by atoms with Gasteiger partial charge in [-0.15, -0.1) is 12.4 Å². The minimum atomic E-state index is -0.171. The van der Waals surface area contributed by atoms with Gasteiger partial charge in [0, 0.05) is 30.9 Å². The molecule has 0 saturated heterocycles. The Hall–Kier alpha value is -1.91. The summed E-state index contributed by atoms with van der Waals surface area (Å²) in [5, 5.41) is 2.86. The zero-order chi connectivity index (χ0) is 14.2. The van der Waals surface area contributed by atoms with Crippen molar-refractivity contribution in [2.75, 3.05) is 6.54 Å². The first-order valence-corrected chi connectivity index (χ1v) is 6.73. The molecule has 0 aliphatic rings. The number of aromatic nitrogens is 1. The van der Waals surface area contributed by atoms with Crippen LogP contribution in [0, 0.1) is 0 Å². The summed E-state index contributed by atoms with van der Waals surface area (Å²) in [6.07, 6.45) is 2.81. The van der Waals surface area contributed by atoms with E-state index in [-0.39, 0.29) is 24.4 Å². The average molecular weight is 306 g/mol. The number of nitrogens with two attached hydrogens (primary N) is 1. The summed E-state index contributed by atoms with van der Waals surface area (Å²) >= 11 is 0. The highest BCUT2D eigenvalue weighted by atomic mass is 35.5. The van der Waals surface area contributed by atoms with E-state index in [1.807, 2.05) is 48.5 Å². The first kappa shape index (κ1) is 17.1. The van der Waals surface area contributed by atoms with Gasteiger partial charge in [0.05, 0.1) is 0 Å². The number of hydrogen-bond acceptors (Lipinski definition) is 3. The van der Waals surface area contributed by atoms with Gasteiger partial charge < -0.3 is 11.1 Å². The second-order valence-electron chi connectivity index (χ2n) is 4.64. The van der Waals surface area contributed by atoms with Crippen LogP contribution in [0.5, 0.6) is 0 Å². The number of amides is 1. The Morgan fingerprint density at radius 1 is 1.14 bits per heavy atom. The second kappa shape index (κ2) is 9.10. The quantitative estimate of drug-likeness (QED) is 0.860. The molecule has 0 aliphatic carbocycles. The predicted octanol–water partition coefficient (Wildman–Crippen LogP) is 2.25. The van der Waals surface area contributed by atoms with Crippen molar-refractivity contribution < 1.29 is 4.79 Å². The monoisotopic (exact) mass is 305 g/mol.